The minimum Gasteiger partial charge on any atom is -0.392 e. The van der Waals surface area contributed by atoms with E-state index in [1.165, 1.54) is 25.7 Å². The molecular weight excluding hydrogens is 268 g/mol. The molecule has 0 aromatic rings. The lowest BCUT2D eigenvalue weighted by Crippen LogP contribution is -2.33. The van der Waals surface area contributed by atoms with Crippen molar-refractivity contribution in [2.24, 2.45) is 11.5 Å². The molecule has 0 aromatic heterocycles. The third-order valence-electron chi connectivity index (χ3n) is 3.47. The molecule has 5 heteroatoms. The van der Waals surface area contributed by atoms with Crippen molar-refractivity contribution in [3.63, 3.8) is 0 Å². The van der Waals surface area contributed by atoms with Crippen LogP contribution in [-0.2, 0) is 14.3 Å². The maximum atomic E-state index is 11.6. The van der Waals surface area contributed by atoms with Crippen molar-refractivity contribution in [2.75, 3.05) is 6.54 Å². The first kappa shape index (κ1) is 20.1. The first-order chi connectivity index (χ1) is 10.1. The lowest BCUT2D eigenvalue weighted by Gasteiger charge is -2.09. The predicted molar refractivity (Wildman–Crippen MR) is 84.6 cm³/mol. The number of hydrogen-bond acceptors (Lipinski definition) is 5. The summed E-state index contributed by atoms with van der Waals surface area (Å²) in [5.41, 5.74) is 11.0. The van der Waals surface area contributed by atoms with Crippen LogP contribution < -0.4 is 11.5 Å². The van der Waals surface area contributed by atoms with Gasteiger partial charge in [0.2, 0.25) is 0 Å². The zero-order valence-corrected chi connectivity index (χ0v) is 13.4. The lowest BCUT2D eigenvalue weighted by molar-refractivity contribution is -0.160. The predicted octanol–water partition coefficient (Wildman–Crippen LogP) is 2.65. The van der Waals surface area contributed by atoms with Gasteiger partial charge in [-0.25, -0.2) is 4.79 Å². The van der Waals surface area contributed by atoms with E-state index in [-0.39, 0.29) is 0 Å². The zero-order valence-electron chi connectivity index (χ0n) is 13.4. The van der Waals surface area contributed by atoms with E-state index in [4.69, 9.17) is 16.2 Å². The highest BCUT2D eigenvalue weighted by Crippen LogP contribution is 2.09. The van der Waals surface area contributed by atoms with Crippen molar-refractivity contribution in [3.05, 3.63) is 0 Å². The lowest BCUT2D eigenvalue weighted by atomic mass is 10.1. The summed E-state index contributed by atoms with van der Waals surface area (Å²) in [5.74, 6) is -1.07. The van der Waals surface area contributed by atoms with Gasteiger partial charge in [-0.2, -0.15) is 0 Å². The van der Waals surface area contributed by atoms with Crippen LogP contribution in [0.5, 0.6) is 0 Å². The highest BCUT2D eigenvalue weighted by Gasteiger charge is 2.17. The summed E-state index contributed by atoms with van der Waals surface area (Å²) in [4.78, 5) is 23.1. The fourth-order valence-corrected chi connectivity index (χ4v) is 2.09. The Balaban J connectivity index is 3.57. The van der Waals surface area contributed by atoms with E-state index in [0.717, 1.165) is 32.1 Å². The smallest absolute Gasteiger partial charge is 0.330 e. The van der Waals surface area contributed by atoms with Gasteiger partial charge in [-0.3, -0.25) is 4.79 Å². The Kier molecular flexibility index (Phi) is 13.4. The minimum atomic E-state index is -0.713. The topological polar surface area (TPSA) is 95.4 Å². The van der Waals surface area contributed by atoms with Crippen molar-refractivity contribution in [3.8, 4) is 0 Å². The van der Waals surface area contributed by atoms with Gasteiger partial charge in [0.15, 0.2) is 0 Å². The minimum absolute atomic E-state index is 0.301. The van der Waals surface area contributed by atoms with Crippen LogP contribution in [0.2, 0.25) is 0 Å². The molecule has 1 atom stereocenters. The molecule has 0 unspecified atom stereocenters. The molecule has 124 valence electrons. The second-order valence-corrected chi connectivity index (χ2v) is 5.56. The number of carbonyl (C=O) groups is 2. The molecule has 0 aliphatic heterocycles. The molecule has 0 aliphatic rings. The van der Waals surface area contributed by atoms with Gasteiger partial charge >= 0.3 is 11.9 Å². The van der Waals surface area contributed by atoms with Gasteiger partial charge in [0, 0.05) is 6.42 Å². The fraction of sp³-hybridized carbons (Fsp3) is 0.875. The monoisotopic (exact) mass is 300 g/mol. The first-order valence-corrected chi connectivity index (χ1v) is 8.32. The molecule has 0 spiro atoms. The molecule has 0 aliphatic carbocycles. The van der Waals surface area contributed by atoms with E-state index in [9.17, 15) is 9.59 Å². The molecule has 21 heavy (non-hydrogen) atoms. The Morgan fingerprint density at radius 2 is 1.57 bits per heavy atom. The van der Waals surface area contributed by atoms with Crippen LogP contribution in [0.3, 0.4) is 0 Å². The molecule has 0 saturated heterocycles. The van der Waals surface area contributed by atoms with Gasteiger partial charge in [0.05, 0.1) is 0 Å². The van der Waals surface area contributed by atoms with Gasteiger partial charge in [0.1, 0.15) is 6.04 Å². The van der Waals surface area contributed by atoms with Crippen molar-refractivity contribution >= 4 is 11.9 Å². The van der Waals surface area contributed by atoms with Crippen molar-refractivity contribution in [1.29, 1.82) is 0 Å². The van der Waals surface area contributed by atoms with E-state index in [0.29, 0.717) is 19.4 Å². The average molecular weight is 300 g/mol. The number of carbonyl (C=O) groups excluding carboxylic acids is 2. The van der Waals surface area contributed by atoms with Gasteiger partial charge in [-0.05, 0) is 25.8 Å². The maximum absolute atomic E-state index is 11.6. The molecule has 5 nitrogen and oxygen atoms in total. The summed E-state index contributed by atoms with van der Waals surface area (Å²) in [6.45, 7) is 2.77. The van der Waals surface area contributed by atoms with Crippen LogP contribution >= 0.6 is 0 Å². The number of rotatable bonds is 13. The van der Waals surface area contributed by atoms with E-state index in [1.807, 2.05) is 0 Å². The number of unbranched alkanes of at least 4 members (excludes halogenated alkanes) is 7. The largest absolute Gasteiger partial charge is 0.392 e. The highest BCUT2D eigenvalue weighted by molar-refractivity contribution is 5.88. The number of ether oxygens (including phenoxy) is 1. The van der Waals surface area contributed by atoms with Crippen LogP contribution in [0.25, 0.3) is 0 Å². The molecule has 0 amide bonds. The molecule has 0 radical (unpaired) electrons. The Labute approximate surface area is 128 Å². The second-order valence-electron chi connectivity index (χ2n) is 5.56. The van der Waals surface area contributed by atoms with Crippen LogP contribution in [0.1, 0.15) is 77.6 Å². The first-order valence-electron chi connectivity index (χ1n) is 8.32. The zero-order chi connectivity index (χ0) is 15.9. The molecular formula is C16H32N2O3. The van der Waals surface area contributed by atoms with Crippen LogP contribution in [-0.4, -0.2) is 24.5 Å². The van der Waals surface area contributed by atoms with Gasteiger partial charge in [0.25, 0.3) is 0 Å². The van der Waals surface area contributed by atoms with Crippen molar-refractivity contribution in [1.82, 2.24) is 0 Å². The van der Waals surface area contributed by atoms with Gasteiger partial charge in [-0.1, -0.05) is 51.9 Å². The Hall–Kier alpha value is -0.940. The summed E-state index contributed by atoms with van der Waals surface area (Å²) in [6.07, 6.45) is 10.3. The summed E-state index contributed by atoms with van der Waals surface area (Å²) in [5, 5.41) is 0. The SMILES string of the molecule is CCCCCCCCCC(=O)OC(=O)[C@@H](N)CCCCN. The molecule has 0 aromatic carbocycles. The number of esters is 2. The fourth-order valence-electron chi connectivity index (χ4n) is 2.09. The maximum Gasteiger partial charge on any atom is 0.330 e. The summed E-state index contributed by atoms with van der Waals surface area (Å²) in [6, 6.07) is -0.713. The van der Waals surface area contributed by atoms with E-state index in [2.05, 4.69) is 6.92 Å². The van der Waals surface area contributed by atoms with Crippen molar-refractivity contribution in [2.45, 2.75) is 83.6 Å². The molecule has 0 heterocycles. The van der Waals surface area contributed by atoms with Crippen LogP contribution in [0.4, 0.5) is 0 Å². The number of hydrogen-bond donors (Lipinski definition) is 2. The van der Waals surface area contributed by atoms with Crippen molar-refractivity contribution < 1.29 is 14.3 Å². The molecule has 0 fully saturated rings. The van der Waals surface area contributed by atoms with Crippen LogP contribution in [0.15, 0.2) is 0 Å². The Bertz CT molecular complexity index is 283. The standard InChI is InChI=1S/C16H32N2O3/c1-2-3-4-5-6-7-8-12-15(19)21-16(20)14(18)11-9-10-13-17/h14H,2-13,17-18H2,1H3/t14-/m0/s1. The van der Waals surface area contributed by atoms with E-state index < -0.39 is 18.0 Å². The van der Waals surface area contributed by atoms with E-state index in [1.54, 1.807) is 0 Å². The molecule has 0 saturated carbocycles. The van der Waals surface area contributed by atoms with E-state index >= 15 is 0 Å². The second kappa shape index (κ2) is 14.0. The summed E-state index contributed by atoms with van der Waals surface area (Å²) in [7, 11) is 0. The quantitative estimate of drug-likeness (QED) is 0.310. The number of nitrogens with two attached hydrogens (primary N) is 2. The van der Waals surface area contributed by atoms with Crippen LogP contribution in [0, 0.1) is 0 Å². The Morgan fingerprint density at radius 1 is 0.952 bits per heavy atom. The summed E-state index contributed by atoms with van der Waals surface area (Å²) >= 11 is 0. The highest BCUT2D eigenvalue weighted by atomic mass is 16.6. The molecule has 0 rings (SSSR count). The third-order valence-corrected chi connectivity index (χ3v) is 3.47. The Morgan fingerprint density at radius 3 is 2.19 bits per heavy atom. The molecule has 0 bridgehead atoms. The van der Waals surface area contributed by atoms with Gasteiger partial charge in [-0.15, -0.1) is 0 Å². The molecule has 4 N–H and O–H groups in total. The normalized spacial score (nSPS) is 12.1. The third kappa shape index (κ3) is 12.5. The van der Waals surface area contributed by atoms with Gasteiger partial charge < -0.3 is 16.2 Å². The summed E-state index contributed by atoms with van der Waals surface area (Å²) < 4.78 is 4.75. The average Bonchev–Trinajstić information content (AvgIpc) is 2.46.